The summed E-state index contributed by atoms with van der Waals surface area (Å²) in [5.41, 5.74) is 0.779. The van der Waals surface area contributed by atoms with Gasteiger partial charge < -0.3 is 9.64 Å². The molecule has 2 fully saturated rings. The van der Waals surface area contributed by atoms with Gasteiger partial charge in [0.2, 0.25) is 5.91 Å². The van der Waals surface area contributed by atoms with Crippen molar-refractivity contribution < 1.29 is 19.1 Å². The van der Waals surface area contributed by atoms with Crippen molar-refractivity contribution in [1.29, 1.82) is 0 Å². The highest BCUT2D eigenvalue weighted by Gasteiger charge is 2.37. The number of carbonyl (C=O) groups is 3. The third kappa shape index (κ3) is 5.42. The molecule has 2 aliphatic rings. The monoisotopic (exact) mass is 480 g/mol. The normalized spacial score (nSPS) is 19.8. The Hall–Kier alpha value is -1.80. The molecule has 0 saturated carbocycles. The molecule has 156 valence electrons. The molecule has 0 N–H and O–H groups in total. The van der Waals surface area contributed by atoms with Gasteiger partial charge in [0.25, 0.3) is 11.1 Å². The van der Waals surface area contributed by atoms with Gasteiger partial charge in [0, 0.05) is 13.1 Å². The first-order valence-electron chi connectivity index (χ1n) is 9.88. The maximum atomic E-state index is 12.7. The average molecular weight is 481 g/mol. The molecule has 0 bridgehead atoms. The minimum Gasteiger partial charge on any atom is -0.490 e. The summed E-state index contributed by atoms with van der Waals surface area (Å²) in [6, 6.07) is 5.53. The van der Waals surface area contributed by atoms with E-state index in [9.17, 15) is 14.4 Å². The van der Waals surface area contributed by atoms with Gasteiger partial charge >= 0.3 is 0 Å². The van der Waals surface area contributed by atoms with Gasteiger partial charge in [-0.15, -0.1) is 0 Å². The highest BCUT2D eigenvalue weighted by atomic mass is 79.9. The third-order valence-corrected chi connectivity index (χ3v) is 6.56. The quantitative estimate of drug-likeness (QED) is 0.553. The molecule has 0 aliphatic carbocycles. The molecule has 0 unspecified atom stereocenters. The Bertz CT molecular complexity index is 836. The molecule has 1 atom stereocenters. The summed E-state index contributed by atoms with van der Waals surface area (Å²) >= 11 is 4.37. The smallest absolute Gasteiger partial charge is 0.294 e. The number of halogens is 1. The fourth-order valence-electron chi connectivity index (χ4n) is 3.17. The van der Waals surface area contributed by atoms with Crippen molar-refractivity contribution in [2.24, 2.45) is 0 Å². The van der Waals surface area contributed by atoms with Gasteiger partial charge in [-0.25, -0.2) is 0 Å². The standard InChI is InChI=1S/C21H25BrN2O4S/c1-3-14(2)28-17-8-7-15(11-16(17)22)12-18-20(26)24(21(27)29-18)13-19(25)23-9-5-4-6-10-23/h7-8,11-12,14H,3-6,9-10,13H2,1-2H3/b18-12-/t14-/m0/s1. The molecular weight excluding hydrogens is 456 g/mol. The Kier molecular flexibility index (Phi) is 7.40. The first-order chi connectivity index (χ1) is 13.9. The second-order valence-electron chi connectivity index (χ2n) is 7.24. The van der Waals surface area contributed by atoms with Crippen LogP contribution in [0.15, 0.2) is 27.6 Å². The number of likely N-dealkylation sites (tertiary alicyclic amines) is 1. The van der Waals surface area contributed by atoms with E-state index < -0.39 is 11.1 Å². The van der Waals surface area contributed by atoms with E-state index in [1.54, 1.807) is 11.0 Å². The number of rotatable bonds is 6. The molecule has 2 heterocycles. The van der Waals surface area contributed by atoms with E-state index in [0.717, 1.165) is 58.1 Å². The number of carbonyl (C=O) groups excluding carboxylic acids is 3. The molecule has 0 aromatic heterocycles. The van der Waals surface area contributed by atoms with Crippen molar-refractivity contribution in [1.82, 2.24) is 9.80 Å². The van der Waals surface area contributed by atoms with Crippen molar-refractivity contribution in [3.8, 4) is 5.75 Å². The van der Waals surface area contributed by atoms with Crippen LogP contribution in [-0.2, 0) is 9.59 Å². The van der Waals surface area contributed by atoms with Crippen molar-refractivity contribution in [2.75, 3.05) is 19.6 Å². The number of hydrogen-bond donors (Lipinski definition) is 0. The Morgan fingerprint density at radius 2 is 2.00 bits per heavy atom. The Balaban J connectivity index is 1.69. The maximum Gasteiger partial charge on any atom is 0.294 e. The zero-order valence-electron chi connectivity index (χ0n) is 16.7. The molecule has 29 heavy (non-hydrogen) atoms. The minimum absolute atomic E-state index is 0.103. The number of benzene rings is 1. The predicted octanol–water partition coefficient (Wildman–Crippen LogP) is 4.68. The van der Waals surface area contributed by atoms with Crippen molar-refractivity contribution >= 4 is 50.8 Å². The van der Waals surface area contributed by atoms with Gasteiger partial charge in [-0.1, -0.05) is 13.0 Å². The molecule has 3 rings (SSSR count). The highest BCUT2D eigenvalue weighted by molar-refractivity contribution is 9.10. The Labute approximate surface area is 183 Å². The molecule has 0 radical (unpaired) electrons. The van der Waals surface area contributed by atoms with E-state index in [2.05, 4.69) is 22.9 Å². The van der Waals surface area contributed by atoms with Gasteiger partial charge in [-0.05, 0) is 84.1 Å². The zero-order chi connectivity index (χ0) is 21.0. The van der Waals surface area contributed by atoms with Gasteiger partial charge in [-0.3, -0.25) is 19.3 Å². The minimum atomic E-state index is -0.415. The summed E-state index contributed by atoms with van der Waals surface area (Å²) < 4.78 is 6.62. The molecule has 1 aromatic rings. The number of amides is 3. The van der Waals surface area contributed by atoms with Crippen molar-refractivity contribution in [3.63, 3.8) is 0 Å². The number of hydrogen-bond acceptors (Lipinski definition) is 5. The van der Waals surface area contributed by atoms with Crippen LogP contribution in [0.3, 0.4) is 0 Å². The first kappa shape index (κ1) is 21.9. The van der Waals surface area contributed by atoms with Gasteiger partial charge in [-0.2, -0.15) is 0 Å². The molecule has 0 spiro atoms. The molecule has 8 heteroatoms. The summed E-state index contributed by atoms with van der Waals surface area (Å²) in [6.45, 7) is 5.27. The molecular formula is C21H25BrN2O4S. The fraction of sp³-hybridized carbons (Fsp3) is 0.476. The zero-order valence-corrected chi connectivity index (χ0v) is 19.1. The largest absolute Gasteiger partial charge is 0.490 e. The SMILES string of the molecule is CC[C@H](C)Oc1ccc(/C=C2\SC(=O)N(CC(=O)N3CCCCC3)C2=O)cc1Br. The molecule has 2 saturated heterocycles. The van der Waals surface area contributed by atoms with E-state index in [4.69, 9.17) is 4.74 Å². The van der Waals surface area contributed by atoms with Crippen LogP contribution in [0.2, 0.25) is 0 Å². The lowest BCUT2D eigenvalue weighted by Gasteiger charge is -2.27. The Morgan fingerprint density at radius 1 is 1.28 bits per heavy atom. The van der Waals surface area contributed by atoms with Crippen LogP contribution >= 0.6 is 27.7 Å². The number of nitrogens with zero attached hydrogens (tertiary/aromatic N) is 2. The summed E-state index contributed by atoms with van der Waals surface area (Å²) in [5, 5.41) is -0.401. The van der Waals surface area contributed by atoms with Crippen LogP contribution in [-0.4, -0.2) is 52.6 Å². The molecule has 1 aromatic carbocycles. The van der Waals surface area contributed by atoms with E-state index in [1.807, 2.05) is 25.1 Å². The second kappa shape index (κ2) is 9.80. The fourth-order valence-corrected chi connectivity index (χ4v) is 4.50. The highest BCUT2D eigenvalue weighted by Crippen LogP contribution is 2.34. The maximum absolute atomic E-state index is 12.7. The summed E-state index contributed by atoms with van der Waals surface area (Å²) in [6.07, 6.45) is 5.74. The lowest BCUT2D eigenvalue weighted by Crippen LogP contribution is -2.44. The number of ether oxygens (including phenoxy) is 1. The number of piperidine rings is 1. The van der Waals surface area contributed by atoms with Crippen LogP contribution in [0.5, 0.6) is 5.75 Å². The van der Waals surface area contributed by atoms with Crippen LogP contribution in [0.1, 0.15) is 45.1 Å². The van der Waals surface area contributed by atoms with E-state index in [-0.39, 0.29) is 18.6 Å². The van der Waals surface area contributed by atoms with E-state index in [1.165, 1.54) is 0 Å². The number of imide groups is 1. The predicted molar refractivity (Wildman–Crippen MR) is 118 cm³/mol. The lowest BCUT2D eigenvalue weighted by atomic mass is 10.1. The summed E-state index contributed by atoms with van der Waals surface area (Å²) in [4.78, 5) is 40.5. The van der Waals surface area contributed by atoms with Crippen LogP contribution < -0.4 is 4.74 Å². The lowest BCUT2D eigenvalue weighted by molar-refractivity contribution is -0.136. The van der Waals surface area contributed by atoms with Crippen LogP contribution in [0.4, 0.5) is 4.79 Å². The second-order valence-corrected chi connectivity index (χ2v) is 9.08. The molecule has 6 nitrogen and oxygen atoms in total. The third-order valence-electron chi connectivity index (χ3n) is 5.03. The van der Waals surface area contributed by atoms with Crippen LogP contribution in [0.25, 0.3) is 6.08 Å². The van der Waals surface area contributed by atoms with E-state index >= 15 is 0 Å². The first-order valence-corrected chi connectivity index (χ1v) is 11.5. The Morgan fingerprint density at radius 3 is 2.66 bits per heavy atom. The number of thioether (sulfide) groups is 1. The summed E-state index contributed by atoms with van der Waals surface area (Å²) in [5.74, 6) is 0.153. The molecule has 3 amide bonds. The van der Waals surface area contributed by atoms with Gasteiger partial charge in [0.15, 0.2) is 0 Å². The topological polar surface area (TPSA) is 66.9 Å². The molecule has 2 aliphatic heterocycles. The average Bonchev–Trinajstić information content (AvgIpc) is 2.97. The van der Waals surface area contributed by atoms with Crippen molar-refractivity contribution in [2.45, 2.75) is 45.6 Å². The van der Waals surface area contributed by atoms with Gasteiger partial charge in [0.1, 0.15) is 12.3 Å². The summed E-state index contributed by atoms with van der Waals surface area (Å²) in [7, 11) is 0. The van der Waals surface area contributed by atoms with E-state index in [0.29, 0.717) is 18.0 Å². The van der Waals surface area contributed by atoms with Crippen molar-refractivity contribution in [3.05, 3.63) is 33.1 Å². The van der Waals surface area contributed by atoms with Crippen LogP contribution in [0, 0.1) is 0 Å². The van der Waals surface area contributed by atoms with Gasteiger partial charge in [0.05, 0.1) is 15.5 Å².